The Bertz CT molecular complexity index is 161. The summed E-state index contributed by atoms with van der Waals surface area (Å²) >= 11 is 0. The molecule has 0 amide bonds. The van der Waals surface area contributed by atoms with E-state index >= 15 is 0 Å². The molecule has 1 N–H and O–H groups in total. The molecule has 0 radical (unpaired) electrons. The van der Waals surface area contributed by atoms with E-state index in [0.29, 0.717) is 12.8 Å². The Balaban J connectivity index is 3.69. The van der Waals surface area contributed by atoms with Crippen molar-refractivity contribution in [1.82, 2.24) is 0 Å². The molecule has 4 heteroatoms. The second kappa shape index (κ2) is 7.74. The Morgan fingerprint density at radius 3 is 2.36 bits per heavy atom. The quantitative estimate of drug-likeness (QED) is 0.374. The summed E-state index contributed by atoms with van der Waals surface area (Å²) in [5.41, 5.74) is 0. The van der Waals surface area contributed by atoms with E-state index in [0.717, 1.165) is 25.7 Å². The minimum absolute atomic E-state index is 0.371. The molecule has 0 bridgehead atoms. The van der Waals surface area contributed by atoms with Gasteiger partial charge in [0.1, 0.15) is 6.10 Å². The lowest BCUT2D eigenvalue weighted by molar-refractivity contribution is -0.534. The topological polar surface area (TPSA) is 63.4 Å². The Kier molecular flexibility index (Phi) is 7.38. The van der Waals surface area contributed by atoms with Gasteiger partial charge in [-0.1, -0.05) is 39.5 Å². The van der Waals surface area contributed by atoms with E-state index in [1.165, 1.54) is 0 Å². The molecule has 0 spiro atoms. The molecule has 0 heterocycles. The van der Waals surface area contributed by atoms with Crippen LogP contribution in [0.3, 0.4) is 0 Å². The van der Waals surface area contributed by atoms with Crippen LogP contribution in [0.5, 0.6) is 0 Å². The first kappa shape index (κ1) is 13.4. The average Bonchev–Trinajstić information content (AvgIpc) is 2.13. The van der Waals surface area contributed by atoms with Crippen LogP contribution in [0.25, 0.3) is 0 Å². The van der Waals surface area contributed by atoms with Crippen LogP contribution in [0.15, 0.2) is 0 Å². The van der Waals surface area contributed by atoms with Crippen molar-refractivity contribution in [3.63, 3.8) is 0 Å². The SMILES string of the molecule is CCCCCC[C@H](O)C(CC)[N+](=O)[O-]. The third-order valence-electron chi connectivity index (χ3n) is 2.49. The zero-order valence-electron chi connectivity index (χ0n) is 9.11. The van der Waals surface area contributed by atoms with Gasteiger partial charge in [0.2, 0.25) is 6.04 Å². The lowest BCUT2D eigenvalue weighted by Gasteiger charge is -2.13. The Morgan fingerprint density at radius 1 is 1.29 bits per heavy atom. The molecule has 1 unspecified atom stereocenters. The van der Waals surface area contributed by atoms with Crippen molar-refractivity contribution < 1.29 is 10.0 Å². The minimum Gasteiger partial charge on any atom is -0.386 e. The predicted octanol–water partition coefficient (Wildman–Crippen LogP) is 2.37. The van der Waals surface area contributed by atoms with E-state index in [1.807, 2.05) is 0 Å². The number of hydrogen-bond donors (Lipinski definition) is 1. The number of unbranched alkanes of at least 4 members (excludes halogenated alkanes) is 3. The summed E-state index contributed by atoms with van der Waals surface area (Å²) in [7, 11) is 0. The van der Waals surface area contributed by atoms with Crippen molar-refractivity contribution in [1.29, 1.82) is 0 Å². The molecule has 0 aliphatic heterocycles. The van der Waals surface area contributed by atoms with Gasteiger partial charge >= 0.3 is 0 Å². The smallest absolute Gasteiger partial charge is 0.238 e. The number of nitrogens with zero attached hydrogens (tertiary/aromatic N) is 1. The first-order valence-corrected chi connectivity index (χ1v) is 5.45. The number of nitro groups is 1. The first-order chi connectivity index (χ1) is 6.63. The van der Waals surface area contributed by atoms with Crippen molar-refractivity contribution in [3.8, 4) is 0 Å². The summed E-state index contributed by atoms with van der Waals surface area (Å²) in [4.78, 5) is 10.1. The molecule has 0 aliphatic carbocycles. The van der Waals surface area contributed by atoms with E-state index in [2.05, 4.69) is 6.92 Å². The highest BCUT2D eigenvalue weighted by atomic mass is 16.6. The van der Waals surface area contributed by atoms with Crippen LogP contribution in [0.4, 0.5) is 0 Å². The van der Waals surface area contributed by atoms with Crippen LogP contribution in [0.1, 0.15) is 52.4 Å². The molecular weight excluding hydrogens is 182 g/mol. The van der Waals surface area contributed by atoms with Crippen LogP contribution in [-0.4, -0.2) is 22.2 Å². The van der Waals surface area contributed by atoms with Gasteiger partial charge in [0.15, 0.2) is 0 Å². The maximum Gasteiger partial charge on any atom is 0.238 e. The molecule has 14 heavy (non-hydrogen) atoms. The zero-order chi connectivity index (χ0) is 11.0. The summed E-state index contributed by atoms with van der Waals surface area (Å²) in [5, 5.41) is 20.0. The second-order valence-electron chi connectivity index (χ2n) is 3.68. The summed E-state index contributed by atoms with van der Waals surface area (Å²) in [5.74, 6) is 0. The van der Waals surface area contributed by atoms with Gasteiger partial charge in [-0.05, 0) is 6.42 Å². The molecule has 0 rings (SSSR count). The molecule has 0 aromatic carbocycles. The molecular formula is C10H21NO3. The third-order valence-corrected chi connectivity index (χ3v) is 2.49. The van der Waals surface area contributed by atoms with Crippen molar-refractivity contribution in [2.24, 2.45) is 0 Å². The van der Waals surface area contributed by atoms with Crippen LogP contribution < -0.4 is 0 Å². The molecule has 2 atom stereocenters. The van der Waals surface area contributed by atoms with Crippen molar-refractivity contribution >= 4 is 0 Å². The van der Waals surface area contributed by atoms with Crippen LogP contribution in [0.2, 0.25) is 0 Å². The van der Waals surface area contributed by atoms with Crippen LogP contribution >= 0.6 is 0 Å². The largest absolute Gasteiger partial charge is 0.386 e. The molecule has 0 fully saturated rings. The van der Waals surface area contributed by atoms with Crippen LogP contribution in [-0.2, 0) is 0 Å². The van der Waals surface area contributed by atoms with Gasteiger partial charge in [-0.2, -0.15) is 0 Å². The average molecular weight is 203 g/mol. The molecule has 4 nitrogen and oxygen atoms in total. The van der Waals surface area contributed by atoms with Gasteiger partial charge in [0.05, 0.1) is 0 Å². The number of rotatable bonds is 8. The van der Waals surface area contributed by atoms with E-state index in [1.54, 1.807) is 6.92 Å². The summed E-state index contributed by atoms with van der Waals surface area (Å²) < 4.78 is 0. The van der Waals surface area contributed by atoms with Crippen molar-refractivity contribution in [2.45, 2.75) is 64.5 Å². The summed E-state index contributed by atoms with van der Waals surface area (Å²) in [6.45, 7) is 3.85. The molecule has 0 saturated heterocycles. The zero-order valence-corrected chi connectivity index (χ0v) is 9.11. The normalized spacial score (nSPS) is 15.1. The lowest BCUT2D eigenvalue weighted by atomic mass is 10.0. The fraction of sp³-hybridized carbons (Fsp3) is 1.00. The van der Waals surface area contributed by atoms with Gasteiger partial charge in [0, 0.05) is 11.3 Å². The number of hydrogen-bond acceptors (Lipinski definition) is 3. The van der Waals surface area contributed by atoms with Crippen molar-refractivity contribution in [2.75, 3.05) is 0 Å². The maximum atomic E-state index is 10.5. The van der Waals surface area contributed by atoms with E-state index in [-0.39, 0.29) is 4.92 Å². The summed E-state index contributed by atoms with van der Waals surface area (Å²) in [6.07, 6.45) is 4.42. The molecule has 0 aromatic rings. The highest BCUT2D eigenvalue weighted by molar-refractivity contribution is 4.66. The van der Waals surface area contributed by atoms with Gasteiger partial charge in [0.25, 0.3) is 0 Å². The maximum absolute atomic E-state index is 10.5. The monoisotopic (exact) mass is 203 g/mol. The lowest BCUT2D eigenvalue weighted by Crippen LogP contribution is -2.32. The molecule has 84 valence electrons. The first-order valence-electron chi connectivity index (χ1n) is 5.45. The molecule has 0 aromatic heterocycles. The highest BCUT2D eigenvalue weighted by Gasteiger charge is 2.26. The van der Waals surface area contributed by atoms with Gasteiger partial charge in [-0.15, -0.1) is 0 Å². The number of aliphatic hydroxyl groups is 1. The van der Waals surface area contributed by atoms with Gasteiger partial charge < -0.3 is 5.11 Å². The fourth-order valence-corrected chi connectivity index (χ4v) is 1.53. The Labute approximate surface area is 85.5 Å². The van der Waals surface area contributed by atoms with Gasteiger partial charge in [-0.3, -0.25) is 10.1 Å². The Morgan fingerprint density at radius 2 is 1.93 bits per heavy atom. The molecule has 0 aliphatic rings. The Hall–Kier alpha value is -0.640. The summed E-state index contributed by atoms with van der Waals surface area (Å²) in [6, 6.07) is -0.781. The van der Waals surface area contributed by atoms with E-state index in [9.17, 15) is 15.2 Å². The number of aliphatic hydroxyl groups excluding tert-OH is 1. The minimum atomic E-state index is -0.781. The van der Waals surface area contributed by atoms with E-state index < -0.39 is 12.1 Å². The predicted molar refractivity (Wildman–Crippen MR) is 55.8 cm³/mol. The van der Waals surface area contributed by atoms with E-state index in [4.69, 9.17) is 0 Å². The van der Waals surface area contributed by atoms with Gasteiger partial charge in [-0.25, -0.2) is 0 Å². The van der Waals surface area contributed by atoms with Crippen molar-refractivity contribution in [3.05, 3.63) is 10.1 Å². The second-order valence-corrected chi connectivity index (χ2v) is 3.68. The van der Waals surface area contributed by atoms with Crippen LogP contribution in [0, 0.1) is 10.1 Å². The third kappa shape index (κ3) is 5.17. The fourth-order valence-electron chi connectivity index (χ4n) is 1.53. The standard InChI is InChI=1S/C10H21NO3/c1-3-5-6-7-8-10(12)9(4-2)11(13)14/h9-10,12H,3-8H2,1-2H3/t9?,10-/m0/s1. The molecule has 0 saturated carbocycles. The highest BCUT2D eigenvalue weighted by Crippen LogP contribution is 2.12.